The van der Waals surface area contributed by atoms with Crippen molar-refractivity contribution < 1.29 is 4.42 Å². The molecule has 0 aliphatic heterocycles. The molecule has 3 aromatic rings. The molecule has 2 heterocycles. The molecule has 0 saturated carbocycles. The van der Waals surface area contributed by atoms with E-state index in [1.54, 1.807) is 6.20 Å². The molecule has 2 aromatic heterocycles. The van der Waals surface area contributed by atoms with Gasteiger partial charge in [0.15, 0.2) is 0 Å². The Kier molecular flexibility index (Phi) is 6.19. The molecule has 0 aliphatic rings. The van der Waals surface area contributed by atoms with Crippen LogP contribution < -0.4 is 0 Å². The lowest BCUT2D eigenvalue weighted by molar-refractivity contribution is 0.227. The predicted molar refractivity (Wildman–Crippen MR) is 101 cm³/mol. The van der Waals surface area contributed by atoms with Gasteiger partial charge in [0.25, 0.3) is 0 Å². The van der Waals surface area contributed by atoms with Crippen LogP contribution in [0.5, 0.6) is 0 Å². The normalized spacial score (nSPS) is 11.4. The van der Waals surface area contributed by atoms with Crippen molar-refractivity contribution in [3.63, 3.8) is 0 Å². The van der Waals surface area contributed by atoms with Crippen LogP contribution in [0.1, 0.15) is 23.5 Å². The van der Waals surface area contributed by atoms with Gasteiger partial charge in [0.2, 0.25) is 0 Å². The smallest absolute Gasteiger partial charge is 0.118 e. The summed E-state index contributed by atoms with van der Waals surface area (Å²) in [5, 5.41) is 1.17. The highest BCUT2D eigenvalue weighted by Crippen LogP contribution is 2.24. The summed E-state index contributed by atoms with van der Waals surface area (Å²) in [5.74, 6) is 1.91. The van der Waals surface area contributed by atoms with E-state index in [4.69, 9.17) is 27.6 Å². The van der Waals surface area contributed by atoms with Gasteiger partial charge in [-0.3, -0.25) is 4.90 Å². The third kappa shape index (κ3) is 5.36. The van der Waals surface area contributed by atoms with Gasteiger partial charge >= 0.3 is 0 Å². The summed E-state index contributed by atoms with van der Waals surface area (Å²) in [6.07, 6.45) is 6.66. The van der Waals surface area contributed by atoms with Gasteiger partial charge in [-0.25, -0.2) is 4.98 Å². The molecule has 4 nitrogen and oxygen atoms in total. The van der Waals surface area contributed by atoms with Gasteiger partial charge in [0, 0.05) is 32.0 Å². The van der Waals surface area contributed by atoms with Gasteiger partial charge in [-0.1, -0.05) is 29.3 Å². The van der Waals surface area contributed by atoms with Crippen molar-refractivity contribution in [2.45, 2.75) is 33.0 Å². The van der Waals surface area contributed by atoms with Crippen LogP contribution in [0.4, 0.5) is 0 Å². The average Bonchev–Trinajstić information content (AvgIpc) is 3.23. The van der Waals surface area contributed by atoms with Crippen molar-refractivity contribution >= 4 is 23.2 Å². The van der Waals surface area contributed by atoms with Crippen molar-refractivity contribution in [3.8, 4) is 0 Å². The van der Waals surface area contributed by atoms with Crippen LogP contribution in [0, 0.1) is 6.92 Å². The molecule has 0 saturated heterocycles. The molecular weight excluding hydrogens is 357 g/mol. The van der Waals surface area contributed by atoms with E-state index in [-0.39, 0.29) is 0 Å². The Hall–Kier alpha value is -1.75. The van der Waals surface area contributed by atoms with Crippen molar-refractivity contribution in [2.75, 3.05) is 6.54 Å². The average molecular weight is 378 g/mol. The highest BCUT2D eigenvalue weighted by Gasteiger charge is 2.11. The summed E-state index contributed by atoms with van der Waals surface area (Å²) in [4.78, 5) is 6.44. The molecule has 0 spiro atoms. The van der Waals surface area contributed by atoms with Crippen LogP contribution in [0.2, 0.25) is 10.0 Å². The standard InChI is InChI=1S/C19H21Cl2N3O/c1-15-3-5-17(25-15)13-24(9-2-8-23-10-7-22-14-23)12-16-4-6-18(20)19(21)11-16/h3-7,10-11,14H,2,8-9,12-13H2,1H3. The van der Waals surface area contributed by atoms with Crippen molar-refractivity contribution in [3.05, 3.63) is 76.2 Å². The van der Waals surface area contributed by atoms with E-state index >= 15 is 0 Å². The zero-order chi connectivity index (χ0) is 17.6. The number of hydrogen-bond acceptors (Lipinski definition) is 3. The first-order valence-corrected chi connectivity index (χ1v) is 9.03. The van der Waals surface area contributed by atoms with E-state index in [1.165, 1.54) is 0 Å². The summed E-state index contributed by atoms with van der Waals surface area (Å²) >= 11 is 12.2. The number of hydrogen-bond donors (Lipinski definition) is 0. The van der Waals surface area contributed by atoms with Crippen LogP contribution in [-0.4, -0.2) is 21.0 Å². The largest absolute Gasteiger partial charge is 0.465 e. The molecule has 0 amide bonds. The van der Waals surface area contributed by atoms with Crippen LogP contribution in [-0.2, 0) is 19.6 Å². The van der Waals surface area contributed by atoms with Gasteiger partial charge in [-0.05, 0) is 43.2 Å². The molecule has 0 fully saturated rings. The first-order valence-electron chi connectivity index (χ1n) is 8.27. The molecule has 6 heteroatoms. The van der Waals surface area contributed by atoms with E-state index in [0.29, 0.717) is 10.0 Å². The number of aryl methyl sites for hydroxylation is 2. The third-order valence-corrected chi connectivity index (χ3v) is 4.75. The Balaban J connectivity index is 1.65. The molecule has 0 N–H and O–H groups in total. The fourth-order valence-electron chi connectivity index (χ4n) is 2.80. The minimum absolute atomic E-state index is 0.582. The van der Waals surface area contributed by atoms with Crippen LogP contribution in [0.3, 0.4) is 0 Å². The molecule has 0 aliphatic carbocycles. The van der Waals surface area contributed by atoms with E-state index in [2.05, 4.69) is 14.5 Å². The summed E-state index contributed by atoms with van der Waals surface area (Å²) in [5.41, 5.74) is 1.14. The first kappa shape index (κ1) is 18.1. The Labute approximate surface area is 158 Å². The first-order chi connectivity index (χ1) is 12.1. The molecule has 1 aromatic carbocycles. The maximum Gasteiger partial charge on any atom is 0.118 e. The van der Waals surface area contributed by atoms with Gasteiger partial charge in [-0.15, -0.1) is 0 Å². The monoisotopic (exact) mass is 377 g/mol. The lowest BCUT2D eigenvalue weighted by Crippen LogP contribution is -2.24. The maximum absolute atomic E-state index is 6.15. The Morgan fingerprint density at radius 1 is 1.12 bits per heavy atom. The fraction of sp³-hybridized carbons (Fsp3) is 0.316. The number of rotatable bonds is 8. The molecule has 132 valence electrons. The number of furan rings is 1. The third-order valence-electron chi connectivity index (χ3n) is 4.02. The molecule has 25 heavy (non-hydrogen) atoms. The molecular formula is C19H21Cl2N3O. The van der Waals surface area contributed by atoms with Gasteiger partial charge in [0.05, 0.1) is 22.9 Å². The summed E-state index contributed by atoms with van der Waals surface area (Å²) in [7, 11) is 0. The zero-order valence-corrected chi connectivity index (χ0v) is 15.7. The second-order valence-electron chi connectivity index (χ2n) is 6.13. The minimum atomic E-state index is 0.582. The van der Waals surface area contributed by atoms with Gasteiger partial charge in [0.1, 0.15) is 11.5 Å². The van der Waals surface area contributed by atoms with Gasteiger partial charge < -0.3 is 8.98 Å². The topological polar surface area (TPSA) is 34.2 Å². The zero-order valence-electron chi connectivity index (χ0n) is 14.2. The molecule has 0 atom stereocenters. The van der Waals surface area contributed by atoms with Gasteiger partial charge in [-0.2, -0.15) is 0 Å². The highest BCUT2D eigenvalue weighted by atomic mass is 35.5. The summed E-state index contributed by atoms with van der Waals surface area (Å²) in [6.45, 7) is 5.40. The number of benzene rings is 1. The molecule has 3 rings (SSSR count). The SMILES string of the molecule is Cc1ccc(CN(CCCn2ccnc2)Cc2ccc(Cl)c(Cl)c2)o1. The van der Waals surface area contributed by atoms with E-state index in [1.807, 2.05) is 49.8 Å². The summed E-state index contributed by atoms with van der Waals surface area (Å²) < 4.78 is 7.83. The molecule has 0 unspecified atom stereocenters. The Morgan fingerprint density at radius 2 is 2.00 bits per heavy atom. The van der Waals surface area contributed by atoms with E-state index in [0.717, 1.165) is 49.7 Å². The second kappa shape index (κ2) is 8.56. The fourth-order valence-corrected chi connectivity index (χ4v) is 3.12. The number of nitrogens with zero attached hydrogens (tertiary/aromatic N) is 3. The highest BCUT2D eigenvalue weighted by molar-refractivity contribution is 6.42. The van der Waals surface area contributed by atoms with E-state index < -0.39 is 0 Å². The second-order valence-corrected chi connectivity index (χ2v) is 6.94. The van der Waals surface area contributed by atoms with Crippen LogP contribution in [0.25, 0.3) is 0 Å². The summed E-state index contributed by atoms with van der Waals surface area (Å²) in [6, 6.07) is 9.83. The van der Waals surface area contributed by atoms with Crippen molar-refractivity contribution in [2.24, 2.45) is 0 Å². The number of halogens is 2. The lowest BCUT2D eigenvalue weighted by atomic mass is 10.2. The predicted octanol–water partition coefficient (Wildman–Crippen LogP) is 5.18. The lowest BCUT2D eigenvalue weighted by Gasteiger charge is -2.21. The maximum atomic E-state index is 6.15. The quantitative estimate of drug-likeness (QED) is 0.541. The molecule has 0 radical (unpaired) electrons. The van der Waals surface area contributed by atoms with Crippen LogP contribution >= 0.6 is 23.2 Å². The number of aromatic nitrogens is 2. The molecule has 0 bridgehead atoms. The van der Waals surface area contributed by atoms with Crippen molar-refractivity contribution in [1.29, 1.82) is 0 Å². The number of imidazole rings is 1. The Bertz CT molecular complexity index is 799. The Morgan fingerprint density at radius 3 is 2.68 bits per heavy atom. The van der Waals surface area contributed by atoms with Crippen LogP contribution in [0.15, 0.2) is 53.5 Å². The van der Waals surface area contributed by atoms with Crippen molar-refractivity contribution in [1.82, 2.24) is 14.5 Å². The minimum Gasteiger partial charge on any atom is -0.465 e. The van der Waals surface area contributed by atoms with E-state index in [9.17, 15) is 0 Å².